The molecule has 1 aromatic carbocycles. The molecule has 3 nitrogen and oxygen atoms in total. The molecule has 0 aliphatic rings. The van der Waals surface area contributed by atoms with Gasteiger partial charge in [-0.2, -0.15) is 0 Å². The van der Waals surface area contributed by atoms with E-state index in [1.807, 2.05) is 12.1 Å². The summed E-state index contributed by atoms with van der Waals surface area (Å²) in [4.78, 5) is 11.7. The van der Waals surface area contributed by atoms with Crippen molar-refractivity contribution in [2.24, 2.45) is 0 Å². The first-order chi connectivity index (χ1) is 7.77. The zero-order valence-electron chi connectivity index (χ0n) is 9.33. The Morgan fingerprint density at radius 1 is 1.50 bits per heavy atom. The zero-order chi connectivity index (χ0) is 11.8. The van der Waals surface area contributed by atoms with Crippen LogP contribution in [0.5, 0.6) is 5.75 Å². The van der Waals surface area contributed by atoms with E-state index >= 15 is 0 Å². The molecular weight excluding hydrogens is 317 g/mol. The summed E-state index contributed by atoms with van der Waals surface area (Å²) in [5.41, 5.74) is 0.651. The molecular formula is C12H16INO2. The highest BCUT2D eigenvalue weighted by Crippen LogP contribution is 2.13. The Kier molecular flexibility index (Phi) is 6.22. The standard InChI is InChI=1S/C12H16INO2/c1-2-8-16-11-5-3-4-10(9-11)12(15)14-7-6-13/h3-5,9H,2,6-8H2,1H3,(H,14,15). The first-order valence-electron chi connectivity index (χ1n) is 5.35. The van der Waals surface area contributed by atoms with Crippen molar-refractivity contribution in [2.75, 3.05) is 17.6 Å². The molecule has 0 aromatic heterocycles. The van der Waals surface area contributed by atoms with Crippen molar-refractivity contribution < 1.29 is 9.53 Å². The van der Waals surface area contributed by atoms with Crippen molar-refractivity contribution in [3.05, 3.63) is 29.8 Å². The summed E-state index contributed by atoms with van der Waals surface area (Å²) in [6, 6.07) is 7.27. The molecule has 0 aliphatic heterocycles. The number of ether oxygens (including phenoxy) is 1. The van der Waals surface area contributed by atoms with Crippen LogP contribution in [0.25, 0.3) is 0 Å². The second kappa shape index (κ2) is 7.49. The minimum atomic E-state index is -0.0429. The summed E-state index contributed by atoms with van der Waals surface area (Å²) in [6.07, 6.45) is 0.964. The van der Waals surface area contributed by atoms with Gasteiger partial charge in [0, 0.05) is 16.5 Å². The van der Waals surface area contributed by atoms with Crippen LogP contribution in [0.4, 0.5) is 0 Å². The molecule has 1 N–H and O–H groups in total. The third kappa shape index (κ3) is 4.38. The molecule has 16 heavy (non-hydrogen) atoms. The van der Waals surface area contributed by atoms with E-state index in [9.17, 15) is 4.79 Å². The van der Waals surface area contributed by atoms with Gasteiger partial charge in [-0.3, -0.25) is 4.79 Å². The second-order valence-corrected chi connectivity index (χ2v) is 4.40. The third-order valence-corrected chi connectivity index (χ3v) is 2.49. The summed E-state index contributed by atoms with van der Waals surface area (Å²) < 4.78 is 6.38. The predicted octanol–water partition coefficient (Wildman–Crippen LogP) is 2.64. The Balaban J connectivity index is 2.62. The Morgan fingerprint density at radius 2 is 2.31 bits per heavy atom. The van der Waals surface area contributed by atoms with Crippen molar-refractivity contribution in [2.45, 2.75) is 13.3 Å². The van der Waals surface area contributed by atoms with E-state index in [1.54, 1.807) is 12.1 Å². The number of hydrogen-bond acceptors (Lipinski definition) is 2. The summed E-state index contributed by atoms with van der Waals surface area (Å²) >= 11 is 2.23. The smallest absolute Gasteiger partial charge is 0.251 e. The average Bonchev–Trinajstić information content (AvgIpc) is 2.33. The minimum absolute atomic E-state index is 0.0429. The van der Waals surface area contributed by atoms with E-state index in [1.165, 1.54) is 0 Å². The lowest BCUT2D eigenvalue weighted by Gasteiger charge is -2.07. The molecule has 1 amide bonds. The molecule has 88 valence electrons. The maximum atomic E-state index is 11.7. The van der Waals surface area contributed by atoms with Gasteiger partial charge in [0.25, 0.3) is 5.91 Å². The fourth-order valence-corrected chi connectivity index (χ4v) is 1.48. The van der Waals surface area contributed by atoms with Crippen LogP contribution >= 0.6 is 22.6 Å². The normalized spacial score (nSPS) is 9.88. The fourth-order valence-electron chi connectivity index (χ4n) is 1.21. The molecule has 1 aromatic rings. The zero-order valence-corrected chi connectivity index (χ0v) is 11.5. The molecule has 0 bridgehead atoms. The van der Waals surface area contributed by atoms with Crippen LogP contribution in [0, 0.1) is 0 Å². The number of rotatable bonds is 6. The van der Waals surface area contributed by atoms with Gasteiger partial charge in [-0.25, -0.2) is 0 Å². The molecule has 0 fully saturated rings. The van der Waals surface area contributed by atoms with E-state index in [4.69, 9.17) is 4.74 Å². The molecule has 0 aliphatic carbocycles. The number of carbonyl (C=O) groups excluding carboxylic acids is 1. The van der Waals surface area contributed by atoms with Crippen molar-refractivity contribution in [3.63, 3.8) is 0 Å². The van der Waals surface area contributed by atoms with Gasteiger partial charge in [0.1, 0.15) is 5.75 Å². The Morgan fingerprint density at radius 3 is 3.00 bits per heavy atom. The number of carbonyl (C=O) groups is 1. The van der Waals surface area contributed by atoms with Crippen molar-refractivity contribution in [1.82, 2.24) is 5.32 Å². The lowest BCUT2D eigenvalue weighted by Crippen LogP contribution is -2.25. The summed E-state index contributed by atoms with van der Waals surface area (Å²) in [5, 5.41) is 2.83. The average molecular weight is 333 g/mol. The number of nitrogens with one attached hydrogen (secondary N) is 1. The van der Waals surface area contributed by atoms with Crippen molar-refractivity contribution in [1.29, 1.82) is 0 Å². The quantitative estimate of drug-likeness (QED) is 0.642. The molecule has 0 unspecified atom stereocenters. The number of amides is 1. The Hall–Kier alpha value is -0.780. The highest BCUT2D eigenvalue weighted by molar-refractivity contribution is 14.1. The van der Waals surface area contributed by atoms with Crippen LogP contribution in [-0.4, -0.2) is 23.5 Å². The lowest BCUT2D eigenvalue weighted by atomic mass is 10.2. The van der Waals surface area contributed by atoms with Crippen molar-refractivity contribution in [3.8, 4) is 5.75 Å². The number of alkyl halides is 1. The maximum Gasteiger partial charge on any atom is 0.251 e. The van der Waals surface area contributed by atoms with Crippen LogP contribution in [0.1, 0.15) is 23.7 Å². The van der Waals surface area contributed by atoms with Gasteiger partial charge >= 0.3 is 0 Å². The molecule has 0 saturated carbocycles. The monoisotopic (exact) mass is 333 g/mol. The van der Waals surface area contributed by atoms with Crippen LogP contribution in [0.3, 0.4) is 0 Å². The van der Waals surface area contributed by atoms with Gasteiger partial charge in [-0.1, -0.05) is 35.6 Å². The Bertz CT molecular complexity index is 342. The highest BCUT2D eigenvalue weighted by Gasteiger charge is 2.05. The first-order valence-corrected chi connectivity index (χ1v) is 6.87. The minimum Gasteiger partial charge on any atom is -0.494 e. The van der Waals surface area contributed by atoms with E-state index in [-0.39, 0.29) is 5.91 Å². The van der Waals surface area contributed by atoms with Gasteiger partial charge in [0.15, 0.2) is 0 Å². The van der Waals surface area contributed by atoms with Gasteiger partial charge in [0.2, 0.25) is 0 Å². The summed E-state index contributed by atoms with van der Waals surface area (Å²) in [5.74, 6) is 0.711. The molecule has 0 spiro atoms. The van der Waals surface area contributed by atoms with Crippen LogP contribution in [0.15, 0.2) is 24.3 Å². The molecule has 0 radical (unpaired) electrons. The van der Waals surface area contributed by atoms with Crippen LogP contribution in [0.2, 0.25) is 0 Å². The highest BCUT2D eigenvalue weighted by atomic mass is 127. The molecule has 0 atom stereocenters. The lowest BCUT2D eigenvalue weighted by molar-refractivity contribution is 0.0956. The largest absolute Gasteiger partial charge is 0.494 e. The van der Waals surface area contributed by atoms with Crippen LogP contribution < -0.4 is 10.1 Å². The number of hydrogen-bond donors (Lipinski definition) is 1. The predicted molar refractivity (Wildman–Crippen MR) is 73.4 cm³/mol. The Labute approximate surface area is 110 Å². The summed E-state index contributed by atoms with van der Waals surface area (Å²) in [7, 11) is 0. The molecule has 4 heteroatoms. The first kappa shape index (κ1) is 13.3. The van der Waals surface area contributed by atoms with Crippen molar-refractivity contribution >= 4 is 28.5 Å². The van der Waals surface area contributed by atoms with Gasteiger partial charge in [0.05, 0.1) is 6.61 Å². The van der Waals surface area contributed by atoms with E-state index in [2.05, 4.69) is 34.8 Å². The molecule has 1 rings (SSSR count). The maximum absolute atomic E-state index is 11.7. The topological polar surface area (TPSA) is 38.3 Å². The molecule has 0 heterocycles. The third-order valence-electron chi connectivity index (χ3n) is 1.95. The number of halogens is 1. The fraction of sp³-hybridized carbons (Fsp3) is 0.417. The van der Waals surface area contributed by atoms with E-state index in [0.29, 0.717) is 18.7 Å². The summed E-state index contributed by atoms with van der Waals surface area (Å²) in [6.45, 7) is 3.43. The molecule has 0 saturated heterocycles. The van der Waals surface area contributed by atoms with Gasteiger partial charge in [-0.05, 0) is 24.6 Å². The SMILES string of the molecule is CCCOc1cccc(C(=O)NCCI)c1. The van der Waals surface area contributed by atoms with Gasteiger partial charge in [-0.15, -0.1) is 0 Å². The second-order valence-electron chi connectivity index (χ2n) is 3.32. The van der Waals surface area contributed by atoms with E-state index < -0.39 is 0 Å². The van der Waals surface area contributed by atoms with E-state index in [0.717, 1.165) is 16.6 Å². The van der Waals surface area contributed by atoms with Crippen LogP contribution in [-0.2, 0) is 0 Å². The van der Waals surface area contributed by atoms with Gasteiger partial charge < -0.3 is 10.1 Å². The number of benzene rings is 1.